The van der Waals surface area contributed by atoms with E-state index >= 15 is 0 Å². The Bertz CT molecular complexity index is 672. The quantitative estimate of drug-likeness (QED) is 0.840. The number of hydrogen-bond donors (Lipinski definition) is 1. The Hall–Kier alpha value is -2.28. The zero-order valence-corrected chi connectivity index (χ0v) is 15.0. The van der Waals surface area contributed by atoms with E-state index in [2.05, 4.69) is 4.90 Å². The van der Waals surface area contributed by atoms with Gasteiger partial charge in [-0.1, -0.05) is 0 Å². The van der Waals surface area contributed by atoms with Crippen molar-refractivity contribution in [2.24, 2.45) is 0 Å². The van der Waals surface area contributed by atoms with Crippen LogP contribution in [0.1, 0.15) is 19.8 Å². The van der Waals surface area contributed by atoms with E-state index in [1.807, 2.05) is 31.0 Å². The van der Waals surface area contributed by atoms with Crippen LogP contribution in [0.2, 0.25) is 0 Å². The van der Waals surface area contributed by atoms with Crippen molar-refractivity contribution in [3.8, 4) is 0 Å². The molecule has 3 aliphatic rings. The Labute approximate surface area is 147 Å². The van der Waals surface area contributed by atoms with Crippen molar-refractivity contribution in [2.75, 3.05) is 40.3 Å². The van der Waals surface area contributed by atoms with Crippen LogP contribution in [0.5, 0.6) is 0 Å². The minimum absolute atomic E-state index is 0.0313. The van der Waals surface area contributed by atoms with E-state index < -0.39 is 5.97 Å². The summed E-state index contributed by atoms with van der Waals surface area (Å²) in [5.41, 5.74) is 2.36. The summed E-state index contributed by atoms with van der Waals surface area (Å²) in [4.78, 5) is 30.3. The van der Waals surface area contributed by atoms with Crippen LogP contribution in [0.15, 0.2) is 34.8 Å². The lowest BCUT2D eigenvalue weighted by atomic mass is 9.93. The lowest BCUT2D eigenvalue weighted by molar-refractivity contribution is -0.136. The van der Waals surface area contributed by atoms with Gasteiger partial charge in [0, 0.05) is 31.9 Å². The average Bonchev–Trinajstić information content (AvgIpc) is 2.86. The van der Waals surface area contributed by atoms with Crippen molar-refractivity contribution < 1.29 is 19.4 Å². The fourth-order valence-electron chi connectivity index (χ4n) is 3.73. The van der Waals surface area contributed by atoms with E-state index in [9.17, 15) is 14.7 Å². The summed E-state index contributed by atoms with van der Waals surface area (Å²) in [6.07, 6.45) is 4.37. The summed E-state index contributed by atoms with van der Waals surface area (Å²) in [6.45, 7) is 4.94. The smallest absolute Gasteiger partial charge is 0.324 e. The maximum Gasteiger partial charge on any atom is 0.324 e. The number of hydrogen-bond acceptors (Lipinski definition) is 4. The first kappa shape index (κ1) is 17.5. The maximum atomic E-state index is 13.1. The number of carboxylic acid groups (broad SMARTS) is 1. The number of carbonyl (C=O) groups excluding carboxylic acids is 1. The summed E-state index contributed by atoms with van der Waals surface area (Å²) in [5, 5.41) is 9.28. The molecule has 2 aliphatic heterocycles. The summed E-state index contributed by atoms with van der Waals surface area (Å²) in [7, 11) is 3.64. The lowest BCUT2D eigenvalue weighted by Crippen LogP contribution is -2.52. The number of nitrogens with zero attached hydrogens (tertiary/aromatic N) is 3. The summed E-state index contributed by atoms with van der Waals surface area (Å²) in [6, 6.07) is -0.170. The van der Waals surface area contributed by atoms with Gasteiger partial charge in [-0.3, -0.25) is 9.69 Å². The number of rotatable bonds is 3. The van der Waals surface area contributed by atoms with Gasteiger partial charge in [0.15, 0.2) is 0 Å². The SMILES string of the molecule is COC1=CCC2C(=C1)C(CC(=O)O)=C(C)N2C(=O)N1CCN(C)CC1. The Kier molecular flexibility index (Phi) is 4.85. The molecule has 1 fully saturated rings. The number of methoxy groups -OCH3 is 1. The predicted molar refractivity (Wildman–Crippen MR) is 92.8 cm³/mol. The molecular formula is C18H25N3O4. The topological polar surface area (TPSA) is 73.3 Å². The monoisotopic (exact) mass is 347 g/mol. The van der Waals surface area contributed by atoms with Gasteiger partial charge in [0.05, 0.1) is 19.6 Å². The predicted octanol–water partition coefficient (Wildman–Crippen LogP) is 1.65. The molecule has 0 saturated carbocycles. The molecule has 0 aromatic heterocycles. The zero-order chi connectivity index (χ0) is 18.1. The van der Waals surface area contributed by atoms with Crippen molar-refractivity contribution >= 4 is 12.0 Å². The van der Waals surface area contributed by atoms with Gasteiger partial charge >= 0.3 is 12.0 Å². The van der Waals surface area contributed by atoms with Crippen LogP contribution in [-0.2, 0) is 9.53 Å². The molecule has 0 bridgehead atoms. The molecule has 1 unspecified atom stereocenters. The second-order valence-corrected chi connectivity index (χ2v) is 6.74. The van der Waals surface area contributed by atoms with Crippen LogP contribution in [0.3, 0.4) is 0 Å². The number of amides is 2. The third-order valence-corrected chi connectivity index (χ3v) is 5.20. The summed E-state index contributed by atoms with van der Waals surface area (Å²) in [5.74, 6) is -0.174. The summed E-state index contributed by atoms with van der Waals surface area (Å²) >= 11 is 0. The molecule has 2 amide bonds. The molecule has 0 aromatic carbocycles. The molecule has 0 spiro atoms. The molecule has 3 rings (SSSR count). The Morgan fingerprint density at radius 1 is 1.28 bits per heavy atom. The Morgan fingerprint density at radius 2 is 1.96 bits per heavy atom. The Morgan fingerprint density at radius 3 is 2.56 bits per heavy atom. The van der Waals surface area contributed by atoms with E-state index in [1.165, 1.54) is 0 Å². The van der Waals surface area contributed by atoms with Crippen LogP contribution < -0.4 is 0 Å². The normalized spacial score (nSPS) is 24.0. The molecule has 1 saturated heterocycles. The third-order valence-electron chi connectivity index (χ3n) is 5.20. The van der Waals surface area contributed by atoms with Crippen LogP contribution in [0.25, 0.3) is 0 Å². The van der Waals surface area contributed by atoms with Gasteiger partial charge in [-0.05, 0) is 43.7 Å². The van der Waals surface area contributed by atoms with Crippen molar-refractivity contribution in [1.29, 1.82) is 0 Å². The fraction of sp³-hybridized carbons (Fsp3) is 0.556. The molecule has 1 atom stereocenters. The molecule has 7 nitrogen and oxygen atoms in total. The minimum Gasteiger partial charge on any atom is -0.497 e. The van der Waals surface area contributed by atoms with Crippen LogP contribution in [0.4, 0.5) is 4.79 Å². The highest BCUT2D eigenvalue weighted by molar-refractivity contribution is 5.82. The first-order valence-electron chi connectivity index (χ1n) is 8.56. The molecule has 136 valence electrons. The van der Waals surface area contributed by atoms with Crippen molar-refractivity contribution in [2.45, 2.75) is 25.8 Å². The number of ether oxygens (including phenoxy) is 1. The number of carboxylic acids is 1. The lowest BCUT2D eigenvalue weighted by Gasteiger charge is -2.37. The molecule has 2 heterocycles. The van der Waals surface area contributed by atoms with Crippen molar-refractivity contribution in [3.63, 3.8) is 0 Å². The average molecular weight is 347 g/mol. The van der Waals surface area contributed by atoms with Gasteiger partial charge in [-0.2, -0.15) is 0 Å². The van der Waals surface area contributed by atoms with Gasteiger partial charge in [0.25, 0.3) is 0 Å². The number of allylic oxidation sites excluding steroid dienone is 2. The first-order chi connectivity index (χ1) is 11.9. The molecule has 0 radical (unpaired) electrons. The molecule has 1 N–H and O–H groups in total. The number of aliphatic carboxylic acids is 1. The number of piperazine rings is 1. The van der Waals surface area contributed by atoms with Crippen LogP contribution in [-0.4, -0.2) is 78.2 Å². The number of carbonyl (C=O) groups is 2. The molecule has 7 heteroatoms. The fourth-order valence-corrected chi connectivity index (χ4v) is 3.73. The summed E-state index contributed by atoms with van der Waals surface area (Å²) < 4.78 is 5.31. The first-order valence-corrected chi connectivity index (χ1v) is 8.56. The second kappa shape index (κ2) is 6.92. The standard InChI is InChI=1S/C18H25N3O4/c1-12-14(11-17(22)23)15-10-13(25-3)4-5-16(15)21(12)18(24)20-8-6-19(2)7-9-20/h4,10,16H,5-9,11H2,1-3H3,(H,22,23). The molecule has 25 heavy (non-hydrogen) atoms. The highest BCUT2D eigenvalue weighted by Gasteiger charge is 2.41. The van der Waals surface area contributed by atoms with Crippen molar-refractivity contribution in [3.05, 3.63) is 34.8 Å². The van der Waals surface area contributed by atoms with E-state index in [0.717, 1.165) is 35.7 Å². The van der Waals surface area contributed by atoms with Gasteiger partial charge < -0.3 is 19.6 Å². The number of likely N-dealkylation sites (N-methyl/N-ethyl adjacent to an activating group) is 1. The van der Waals surface area contributed by atoms with Crippen molar-refractivity contribution in [1.82, 2.24) is 14.7 Å². The highest BCUT2D eigenvalue weighted by atomic mass is 16.5. The van der Waals surface area contributed by atoms with E-state index in [-0.39, 0.29) is 18.5 Å². The van der Waals surface area contributed by atoms with Gasteiger partial charge in [0.1, 0.15) is 5.76 Å². The van der Waals surface area contributed by atoms with E-state index in [4.69, 9.17) is 4.74 Å². The second-order valence-electron chi connectivity index (χ2n) is 6.74. The minimum atomic E-state index is -0.892. The maximum absolute atomic E-state index is 13.1. The van der Waals surface area contributed by atoms with Crippen LogP contribution in [0, 0.1) is 0 Å². The number of fused-ring (bicyclic) bond motifs is 1. The van der Waals surface area contributed by atoms with E-state index in [0.29, 0.717) is 19.5 Å². The zero-order valence-electron chi connectivity index (χ0n) is 15.0. The highest BCUT2D eigenvalue weighted by Crippen LogP contribution is 2.40. The third kappa shape index (κ3) is 3.28. The molecular weight excluding hydrogens is 322 g/mol. The Balaban J connectivity index is 1.90. The van der Waals surface area contributed by atoms with Crippen LogP contribution >= 0.6 is 0 Å². The largest absolute Gasteiger partial charge is 0.497 e. The molecule has 1 aliphatic carbocycles. The van der Waals surface area contributed by atoms with Gasteiger partial charge in [0.2, 0.25) is 0 Å². The van der Waals surface area contributed by atoms with Gasteiger partial charge in [-0.25, -0.2) is 4.79 Å². The molecule has 0 aromatic rings. The number of urea groups is 1. The van der Waals surface area contributed by atoms with Gasteiger partial charge in [-0.15, -0.1) is 0 Å². The van der Waals surface area contributed by atoms with E-state index in [1.54, 1.807) is 12.0 Å².